The van der Waals surface area contributed by atoms with Gasteiger partial charge in [-0.2, -0.15) is 0 Å². The van der Waals surface area contributed by atoms with Crippen LogP contribution >= 0.6 is 23.7 Å². The molecule has 5 nitrogen and oxygen atoms in total. The normalized spacial score (nSPS) is 17.1. The Balaban J connectivity index is 0.00000312. The molecule has 2 rings (SSSR count). The van der Waals surface area contributed by atoms with Gasteiger partial charge in [0.25, 0.3) is 5.91 Å². The highest BCUT2D eigenvalue weighted by Gasteiger charge is 2.29. The first-order chi connectivity index (χ1) is 11.6. The van der Waals surface area contributed by atoms with Crippen molar-refractivity contribution in [2.45, 2.75) is 46.0 Å². The van der Waals surface area contributed by atoms with Crippen LogP contribution in [-0.2, 0) is 17.6 Å². The van der Waals surface area contributed by atoms with Crippen LogP contribution in [-0.4, -0.2) is 42.9 Å². The number of piperidine rings is 1. The van der Waals surface area contributed by atoms with Gasteiger partial charge in [0.1, 0.15) is 0 Å². The molecule has 1 aliphatic heterocycles. The topological polar surface area (TPSA) is 75.4 Å². The van der Waals surface area contributed by atoms with Crippen LogP contribution in [0.25, 0.3) is 0 Å². The minimum atomic E-state index is -0.116. The maximum Gasteiger partial charge on any atom is 0.263 e. The summed E-state index contributed by atoms with van der Waals surface area (Å²) in [7, 11) is 0. The van der Waals surface area contributed by atoms with Crippen LogP contribution in [0.15, 0.2) is 6.07 Å². The number of aryl methyl sites for hydroxylation is 2. The summed E-state index contributed by atoms with van der Waals surface area (Å²) in [5, 5.41) is 2.84. The number of nitrogens with two attached hydrogens (primary N) is 1. The molecule has 1 fully saturated rings. The number of likely N-dealkylation sites (tertiary alicyclic amines) is 1. The van der Waals surface area contributed by atoms with E-state index in [2.05, 4.69) is 25.2 Å². The summed E-state index contributed by atoms with van der Waals surface area (Å²) in [5.74, 6) is -0.0200. The fraction of sp³-hybridized carbons (Fsp3) is 0.667. The molecule has 142 valence electrons. The number of hydrogen-bond acceptors (Lipinski definition) is 4. The van der Waals surface area contributed by atoms with Crippen molar-refractivity contribution >= 4 is 35.6 Å². The molecule has 1 saturated heterocycles. The molecule has 25 heavy (non-hydrogen) atoms. The Morgan fingerprint density at radius 3 is 2.80 bits per heavy atom. The highest BCUT2D eigenvalue weighted by atomic mass is 35.5. The second-order valence-electron chi connectivity index (χ2n) is 6.33. The van der Waals surface area contributed by atoms with Crippen molar-refractivity contribution in [1.29, 1.82) is 0 Å². The van der Waals surface area contributed by atoms with Gasteiger partial charge >= 0.3 is 0 Å². The molecule has 0 aliphatic carbocycles. The number of hydrogen-bond donors (Lipinski definition) is 2. The number of carbonyl (C=O) groups is 2. The summed E-state index contributed by atoms with van der Waals surface area (Å²) in [6, 6.07) is 2.05. The Labute approximate surface area is 160 Å². The van der Waals surface area contributed by atoms with Gasteiger partial charge in [-0.3, -0.25) is 9.59 Å². The van der Waals surface area contributed by atoms with Crippen LogP contribution in [0, 0.1) is 5.92 Å². The molecule has 1 aromatic heterocycles. The number of amides is 2. The van der Waals surface area contributed by atoms with Crippen LogP contribution in [0.2, 0.25) is 0 Å². The monoisotopic (exact) mass is 387 g/mol. The Hall–Kier alpha value is -1.11. The fourth-order valence-electron chi connectivity index (χ4n) is 3.18. The minimum Gasteiger partial charge on any atom is -0.355 e. The van der Waals surface area contributed by atoms with E-state index in [1.54, 1.807) is 11.3 Å². The van der Waals surface area contributed by atoms with Crippen LogP contribution in [0.5, 0.6) is 0 Å². The third kappa shape index (κ3) is 5.69. The van der Waals surface area contributed by atoms with E-state index in [0.29, 0.717) is 19.6 Å². The van der Waals surface area contributed by atoms with E-state index in [1.165, 1.54) is 10.4 Å². The predicted molar refractivity (Wildman–Crippen MR) is 106 cm³/mol. The summed E-state index contributed by atoms with van der Waals surface area (Å²) < 4.78 is 0. The Morgan fingerprint density at radius 2 is 2.16 bits per heavy atom. The van der Waals surface area contributed by atoms with Crippen molar-refractivity contribution in [3.63, 3.8) is 0 Å². The third-order valence-corrected chi connectivity index (χ3v) is 5.71. The van der Waals surface area contributed by atoms with Crippen LogP contribution < -0.4 is 11.1 Å². The van der Waals surface area contributed by atoms with Crippen molar-refractivity contribution in [3.05, 3.63) is 21.4 Å². The zero-order chi connectivity index (χ0) is 17.5. The molecule has 3 N–H and O–H groups in total. The molecule has 2 heterocycles. The maximum atomic E-state index is 12.9. The number of rotatable bonds is 7. The molecule has 1 unspecified atom stereocenters. The van der Waals surface area contributed by atoms with Gasteiger partial charge in [-0.15, -0.1) is 23.7 Å². The van der Waals surface area contributed by atoms with Gasteiger partial charge in [0.15, 0.2) is 0 Å². The van der Waals surface area contributed by atoms with Gasteiger partial charge in [-0.1, -0.05) is 20.3 Å². The number of halogens is 1. The van der Waals surface area contributed by atoms with Crippen LogP contribution in [0.3, 0.4) is 0 Å². The zero-order valence-electron chi connectivity index (χ0n) is 15.2. The smallest absolute Gasteiger partial charge is 0.263 e. The molecule has 2 amide bonds. The van der Waals surface area contributed by atoms with Gasteiger partial charge in [0.2, 0.25) is 5.91 Å². The van der Waals surface area contributed by atoms with Crippen molar-refractivity contribution in [2.24, 2.45) is 11.7 Å². The lowest BCUT2D eigenvalue weighted by Crippen LogP contribution is -2.46. The van der Waals surface area contributed by atoms with Gasteiger partial charge in [-0.25, -0.2) is 0 Å². The maximum absolute atomic E-state index is 12.9. The Bertz CT molecular complexity index is 577. The predicted octanol–water partition coefficient (Wildman–Crippen LogP) is 2.61. The number of nitrogens with zero attached hydrogens (tertiary/aromatic N) is 1. The van der Waals surface area contributed by atoms with E-state index in [1.807, 2.05) is 4.90 Å². The molecule has 1 aromatic rings. The molecule has 0 radical (unpaired) electrons. The average Bonchev–Trinajstić information content (AvgIpc) is 3.02. The first-order valence-corrected chi connectivity index (χ1v) is 9.80. The summed E-state index contributed by atoms with van der Waals surface area (Å²) in [5.41, 5.74) is 6.73. The molecule has 0 aromatic carbocycles. The quantitative estimate of drug-likeness (QED) is 0.755. The number of thiophene rings is 1. The van der Waals surface area contributed by atoms with Crippen LogP contribution in [0.4, 0.5) is 0 Å². The number of carbonyl (C=O) groups excluding carboxylic acids is 2. The third-order valence-electron chi connectivity index (χ3n) is 4.49. The second-order valence-corrected chi connectivity index (χ2v) is 7.47. The van der Waals surface area contributed by atoms with E-state index in [-0.39, 0.29) is 30.1 Å². The SMILES string of the molecule is CCCc1sc(C(=O)N2CCCC(C(=O)NCCN)C2)cc1CC.Cl. The minimum absolute atomic E-state index is 0. The van der Waals surface area contributed by atoms with Crippen molar-refractivity contribution in [3.8, 4) is 0 Å². The first kappa shape index (κ1) is 21.9. The van der Waals surface area contributed by atoms with E-state index in [0.717, 1.165) is 43.5 Å². The van der Waals surface area contributed by atoms with E-state index >= 15 is 0 Å². The molecular weight excluding hydrogens is 358 g/mol. The van der Waals surface area contributed by atoms with Gasteiger partial charge < -0.3 is 16.0 Å². The molecule has 7 heteroatoms. The van der Waals surface area contributed by atoms with E-state index < -0.39 is 0 Å². The summed E-state index contributed by atoms with van der Waals surface area (Å²) >= 11 is 1.63. The molecule has 1 aliphatic rings. The standard InChI is InChI=1S/C18H29N3O2S.ClH/c1-3-6-15-13(4-2)11-16(24-15)18(23)21-10-5-7-14(12-21)17(22)20-9-8-19;/h11,14H,3-10,12,19H2,1-2H3,(H,20,22);1H. The summed E-state index contributed by atoms with van der Waals surface area (Å²) in [6.07, 6.45) is 4.80. The highest BCUT2D eigenvalue weighted by Crippen LogP contribution is 2.27. The van der Waals surface area contributed by atoms with E-state index in [4.69, 9.17) is 5.73 Å². The van der Waals surface area contributed by atoms with Crippen molar-refractivity contribution < 1.29 is 9.59 Å². The lowest BCUT2D eigenvalue weighted by Gasteiger charge is -2.31. The van der Waals surface area contributed by atoms with E-state index in [9.17, 15) is 9.59 Å². The fourth-order valence-corrected chi connectivity index (χ4v) is 4.50. The molecule has 1 atom stereocenters. The lowest BCUT2D eigenvalue weighted by atomic mass is 9.97. The molecule has 0 bridgehead atoms. The average molecular weight is 388 g/mol. The van der Waals surface area contributed by atoms with Gasteiger partial charge in [0.05, 0.1) is 10.8 Å². The molecular formula is C18H30ClN3O2S. The lowest BCUT2D eigenvalue weighted by molar-refractivity contribution is -0.126. The zero-order valence-corrected chi connectivity index (χ0v) is 16.8. The van der Waals surface area contributed by atoms with Gasteiger partial charge in [0, 0.05) is 31.1 Å². The van der Waals surface area contributed by atoms with Crippen LogP contribution in [0.1, 0.15) is 53.2 Å². The van der Waals surface area contributed by atoms with Crippen molar-refractivity contribution in [1.82, 2.24) is 10.2 Å². The Kier molecular flexibility index (Phi) is 9.46. The summed E-state index contributed by atoms with van der Waals surface area (Å²) in [4.78, 5) is 29.0. The Morgan fingerprint density at radius 1 is 1.40 bits per heavy atom. The molecule has 0 spiro atoms. The first-order valence-electron chi connectivity index (χ1n) is 8.99. The highest BCUT2D eigenvalue weighted by molar-refractivity contribution is 7.14. The van der Waals surface area contributed by atoms with Crippen molar-refractivity contribution in [2.75, 3.05) is 26.2 Å². The largest absolute Gasteiger partial charge is 0.355 e. The van der Waals surface area contributed by atoms with Gasteiger partial charge in [-0.05, 0) is 37.3 Å². The number of nitrogens with one attached hydrogen (secondary N) is 1. The summed E-state index contributed by atoms with van der Waals surface area (Å²) in [6.45, 7) is 6.48. The molecule has 0 saturated carbocycles. The second kappa shape index (κ2) is 10.8.